The second-order valence-electron chi connectivity index (χ2n) is 6.95. The van der Waals surface area contributed by atoms with Gasteiger partial charge in [-0.25, -0.2) is 19.2 Å². The van der Waals surface area contributed by atoms with E-state index in [1.807, 2.05) is 32.0 Å². The van der Waals surface area contributed by atoms with E-state index in [9.17, 15) is 9.18 Å². The molecule has 0 radical (unpaired) electrons. The second-order valence-corrected chi connectivity index (χ2v) is 7.95. The fourth-order valence-electron chi connectivity index (χ4n) is 3.22. The number of ether oxygens (including phenoxy) is 1. The molecule has 0 atom stereocenters. The lowest BCUT2D eigenvalue weighted by molar-refractivity contribution is 0.155. The largest absolute Gasteiger partial charge is 0.444 e. The number of benzene rings is 2. The van der Waals surface area contributed by atoms with Gasteiger partial charge in [-0.2, -0.15) is 0 Å². The highest BCUT2D eigenvalue weighted by molar-refractivity contribution is 7.19. The monoisotopic (exact) mass is 424 g/mol. The van der Waals surface area contributed by atoms with Crippen LogP contribution in [0.15, 0.2) is 42.7 Å². The number of hydrogen-bond donors (Lipinski definition) is 1. The highest BCUT2D eigenvalue weighted by atomic mass is 32.1. The molecule has 0 aliphatic heterocycles. The van der Waals surface area contributed by atoms with E-state index < -0.39 is 6.09 Å². The predicted molar refractivity (Wildman–Crippen MR) is 116 cm³/mol. The van der Waals surface area contributed by atoms with E-state index in [4.69, 9.17) is 4.74 Å². The number of thiazole rings is 1. The summed E-state index contributed by atoms with van der Waals surface area (Å²) in [6, 6.07) is 10.4. The van der Waals surface area contributed by atoms with Crippen molar-refractivity contribution < 1.29 is 13.9 Å². The van der Waals surface area contributed by atoms with Crippen LogP contribution >= 0.6 is 11.3 Å². The molecule has 0 fully saturated rings. The number of hydrogen-bond acceptors (Lipinski definition) is 5. The highest BCUT2D eigenvalue weighted by Gasteiger charge is 2.15. The Bertz CT molecular complexity index is 1230. The van der Waals surface area contributed by atoms with Crippen LogP contribution in [-0.2, 0) is 17.9 Å². The molecule has 0 spiro atoms. The van der Waals surface area contributed by atoms with Crippen molar-refractivity contribution in [3.05, 3.63) is 65.4 Å². The Morgan fingerprint density at radius 1 is 1.23 bits per heavy atom. The zero-order valence-corrected chi connectivity index (χ0v) is 17.7. The third kappa shape index (κ3) is 4.04. The molecule has 6 nitrogen and oxygen atoms in total. The first kappa shape index (κ1) is 20.0. The summed E-state index contributed by atoms with van der Waals surface area (Å²) >= 11 is 1.33. The number of nitrogens with one attached hydrogen (secondary N) is 1. The molecule has 1 N–H and O–H groups in total. The molecular weight excluding hydrogens is 403 g/mol. The molecule has 1 amide bonds. The lowest BCUT2D eigenvalue weighted by atomic mass is 10.1. The third-order valence-electron chi connectivity index (χ3n) is 4.83. The first-order chi connectivity index (χ1) is 14.4. The molecule has 4 rings (SSSR count). The van der Waals surface area contributed by atoms with Crippen LogP contribution in [0, 0.1) is 19.7 Å². The summed E-state index contributed by atoms with van der Waals surface area (Å²) in [5.74, 6) is -0.286. The standard InChI is InChI=1S/C22H21FN4O2S/c1-4-27-12-24-18-10-15(5-8-19(18)27)11-29-22(28)26-20-14(3)25-21(30-20)17-7-6-16(23)9-13(17)2/h5-10,12H,4,11H2,1-3H3,(H,26,28). The third-order valence-corrected chi connectivity index (χ3v) is 5.93. The van der Waals surface area contributed by atoms with Crippen LogP contribution < -0.4 is 5.32 Å². The second kappa shape index (κ2) is 8.23. The van der Waals surface area contributed by atoms with Crippen LogP contribution in [0.1, 0.15) is 23.7 Å². The summed E-state index contributed by atoms with van der Waals surface area (Å²) in [6.45, 7) is 6.70. The van der Waals surface area contributed by atoms with Gasteiger partial charge in [0.05, 0.1) is 23.1 Å². The van der Waals surface area contributed by atoms with E-state index in [0.29, 0.717) is 10.7 Å². The highest BCUT2D eigenvalue weighted by Crippen LogP contribution is 2.33. The molecule has 8 heteroatoms. The van der Waals surface area contributed by atoms with Crippen LogP contribution in [0.25, 0.3) is 21.6 Å². The van der Waals surface area contributed by atoms with Crippen LogP contribution in [-0.4, -0.2) is 20.6 Å². The molecule has 0 saturated heterocycles. The molecule has 0 unspecified atom stereocenters. The number of aromatic nitrogens is 3. The number of halogens is 1. The summed E-state index contributed by atoms with van der Waals surface area (Å²) in [6.07, 6.45) is 1.25. The smallest absolute Gasteiger partial charge is 0.412 e. The van der Waals surface area contributed by atoms with Crippen LogP contribution in [0.4, 0.5) is 14.2 Å². The number of imidazole rings is 1. The average molecular weight is 425 g/mol. The number of fused-ring (bicyclic) bond motifs is 1. The predicted octanol–water partition coefficient (Wildman–Crippen LogP) is 5.68. The molecule has 0 bridgehead atoms. The van der Waals surface area contributed by atoms with Gasteiger partial charge in [0.15, 0.2) is 0 Å². The summed E-state index contributed by atoms with van der Waals surface area (Å²) in [5.41, 5.74) is 5.10. The zero-order chi connectivity index (χ0) is 21.3. The van der Waals surface area contributed by atoms with Crippen LogP contribution in [0.5, 0.6) is 0 Å². The summed E-state index contributed by atoms with van der Waals surface area (Å²) in [4.78, 5) is 21.2. The van der Waals surface area contributed by atoms with Gasteiger partial charge in [0.2, 0.25) is 0 Å². The van der Waals surface area contributed by atoms with E-state index >= 15 is 0 Å². The van der Waals surface area contributed by atoms with E-state index in [1.54, 1.807) is 12.4 Å². The Labute approximate surface area is 177 Å². The van der Waals surface area contributed by atoms with E-state index in [-0.39, 0.29) is 12.4 Å². The Morgan fingerprint density at radius 3 is 2.83 bits per heavy atom. The summed E-state index contributed by atoms with van der Waals surface area (Å²) < 4.78 is 20.8. The maximum Gasteiger partial charge on any atom is 0.412 e. The van der Waals surface area contributed by atoms with E-state index in [2.05, 4.69) is 26.8 Å². The Kier molecular flexibility index (Phi) is 5.50. The minimum absolute atomic E-state index is 0.141. The van der Waals surface area contributed by atoms with Gasteiger partial charge in [0.1, 0.15) is 22.4 Å². The summed E-state index contributed by atoms with van der Waals surface area (Å²) in [5, 5.41) is 4.08. The van der Waals surface area contributed by atoms with Crippen molar-refractivity contribution in [1.29, 1.82) is 0 Å². The zero-order valence-electron chi connectivity index (χ0n) is 16.9. The van der Waals surface area contributed by atoms with Crippen molar-refractivity contribution in [3.63, 3.8) is 0 Å². The van der Waals surface area contributed by atoms with Gasteiger partial charge in [-0.15, -0.1) is 0 Å². The van der Waals surface area contributed by atoms with Crippen LogP contribution in [0.3, 0.4) is 0 Å². The van der Waals surface area contributed by atoms with Crippen LogP contribution in [0.2, 0.25) is 0 Å². The minimum Gasteiger partial charge on any atom is -0.444 e. The van der Waals surface area contributed by atoms with Crippen molar-refractivity contribution >= 4 is 33.5 Å². The number of nitrogens with zero attached hydrogens (tertiary/aromatic N) is 3. The van der Waals surface area contributed by atoms with Crippen molar-refractivity contribution in [3.8, 4) is 10.6 Å². The van der Waals surface area contributed by atoms with Crippen molar-refractivity contribution in [2.45, 2.75) is 33.9 Å². The summed E-state index contributed by atoms with van der Waals surface area (Å²) in [7, 11) is 0. The Balaban J connectivity index is 1.42. The minimum atomic E-state index is -0.552. The molecule has 2 aromatic heterocycles. The van der Waals surface area contributed by atoms with Gasteiger partial charge in [0.25, 0.3) is 0 Å². The average Bonchev–Trinajstić information content (AvgIpc) is 3.29. The number of aryl methyl sites for hydroxylation is 3. The molecule has 30 heavy (non-hydrogen) atoms. The number of carbonyl (C=O) groups excluding carboxylic acids is 1. The first-order valence-corrected chi connectivity index (χ1v) is 10.4. The van der Waals surface area contributed by atoms with Gasteiger partial charge in [0, 0.05) is 12.1 Å². The fourth-order valence-corrected chi connectivity index (χ4v) is 4.27. The number of amides is 1. The molecule has 4 aromatic rings. The fraction of sp³-hybridized carbons (Fsp3) is 0.227. The number of rotatable bonds is 5. The van der Waals surface area contributed by atoms with Crippen molar-refractivity contribution in [2.75, 3.05) is 5.32 Å². The van der Waals surface area contributed by atoms with Gasteiger partial charge >= 0.3 is 6.09 Å². The Morgan fingerprint density at radius 2 is 2.07 bits per heavy atom. The SMILES string of the molecule is CCn1cnc2cc(COC(=O)Nc3sc(-c4ccc(F)cc4C)nc3C)ccc21. The molecular formula is C22H21FN4O2S. The number of anilines is 1. The molecule has 0 aliphatic carbocycles. The Hall–Kier alpha value is -3.26. The lowest BCUT2D eigenvalue weighted by Gasteiger charge is -2.06. The topological polar surface area (TPSA) is 69.0 Å². The van der Waals surface area contributed by atoms with Crippen molar-refractivity contribution in [1.82, 2.24) is 14.5 Å². The normalized spacial score (nSPS) is 11.1. The van der Waals surface area contributed by atoms with E-state index in [0.717, 1.165) is 39.3 Å². The first-order valence-electron chi connectivity index (χ1n) is 9.56. The molecule has 2 heterocycles. The molecule has 154 valence electrons. The van der Waals surface area contributed by atoms with E-state index in [1.165, 1.54) is 23.5 Å². The van der Waals surface area contributed by atoms with Gasteiger partial charge in [-0.3, -0.25) is 5.32 Å². The maximum atomic E-state index is 13.4. The quantitative estimate of drug-likeness (QED) is 0.447. The number of carbonyl (C=O) groups is 1. The van der Waals surface area contributed by atoms with Gasteiger partial charge < -0.3 is 9.30 Å². The van der Waals surface area contributed by atoms with Gasteiger partial charge in [-0.05, 0) is 62.2 Å². The van der Waals surface area contributed by atoms with Gasteiger partial charge in [-0.1, -0.05) is 17.4 Å². The lowest BCUT2D eigenvalue weighted by Crippen LogP contribution is -2.13. The molecule has 2 aromatic carbocycles. The maximum absolute atomic E-state index is 13.4. The molecule has 0 aliphatic rings. The molecule has 0 saturated carbocycles. The van der Waals surface area contributed by atoms with Crippen molar-refractivity contribution in [2.24, 2.45) is 0 Å².